The number of hydrogen-bond acceptors (Lipinski definition) is 4. The van der Waals surface area contributed by atoms with Gasteiger partial charge in [0.15, 0.2) is 0 Å². The first-order valence-corrected chi connectivity index (χ1v) is 7.62. The van der Waals surface area contributed by atoms with Gasteiger partial charge in [-0.3, -0.25) is 9.59 Å². The van der Waals surface area contributed by atoms with Gasteiger partial charge in [-0.1, -0.05) is 0 Å². The van der Waals surface area contributed by atoms with Crippen molar-refractivity contribution in [3.63, 3.8) is 0 Å². The minimum absolute atomic E-state index is 0.0207. The van der Waals surface area contributed by atoms with Crippen LogP contribution in [0.25, 0.3) is 0 Å². The molecule has 1 atom stereocenters. The molecule has 106 valence electrons. The minimum Gasteiger partial charge on any atom is -0.324 e. The fraction of sp³-hybridized carbons (Fsp3) is 0.429. The molecule has 0 spiro atoms. The second-order valence-electron chi connectivity index (χ2n) is 5.56. The molecule has 2 amide bonds. The normalized spacial score (nSPS) is 20.6. The third-order valence-corrected chi connectivity index (χ3v) is 4.86. The Balaban J connectivity index is 1.76. The number of rotatable bonds is 3. The van der Waals surface area contributed by atoms with Gasteiger partial charge in [0.25, 0.3) is 0 Å². The van der Waals surface area contributed by atoms with Crippen LogP contribution in [-0.2, 0) is 9.59 Å². The average Bonchev–Trinajstić information content (AvgIpc) is 3.22. The highest BCUT2D eigenvalue weighted by Crippen LogP contribution is 2.39. The van der Waals surface area contributed by atoms with Crippen molar-refractivity contribution in [2.45, 2.75) is 30.2 Å². The molecule has 20 heavy (non-hydrogen) atoms. The summed E-state index contributed by atoms with van der Waals surface area (Å²) < 4.78 is 0. The van der Waals surface area contributed by atoms with Crippen LogP contribution in [0.3, 0.4) is 0 Å². The van der Waals surface area contributed by atoms with Crippen molar-refractivity contribution < 1.29 is 9.59 Å². The number of hydrogen-bond donors (Lipinski definition) is 3. The molecule has 0 bridgehead atoms. The molecule has 0 saturated heterocycles. The number of nitrogens with two attached hydrogens (primary N) is 1. The fourth-order valence-corrected chi connectivity index (χ4v) is 3.08. The van der Waals surface area contributed by atoms with E-state index >= 15 is 0 Å². The van der Waals surface area contributed by atoms with E-state index in [-0.39, 0.29) is 17.7 Å². The number of nitrogens with one attached hydrogen (secondary N) is 2. The third-order valence-electron chi connectivity index (χ3n) is 3.78. The van der Waals surface area contributed by atoms with E-state index in [9.17, 15) is 9.59 Å². The first kappa shape index (κ1) is 13.5. The lowest BCUT2D eigenvalue weighted by atomic mass is 9.96. The highest BCUT2D eigenvalue weighted by atomic mass is 32.2. The molecule has 1 fully saturated rings. The van der Waals surface area contributed by atoms with Gasteiger partial charge < -0.3 is 16.4 Å². The molecule has 5 nitrogen and oxygen atoms in total. The van der Waals surface area contributed by atoms with Crippen LogP contribution in [0.4, 0.5) is 11.4 Å². The Hall–Kier alpha value is -1.53. The zero-order chi connectivity index (χ0) is 14.3. The Kier molecular flexibility index (Phi) is 3.22. The summed E-state index contributed by atoms with van der Waals surface area (Å²) in [5.74, 6) is 0.513. The van der Waals surface area contributed by atoms with Crippen LogP contribution in [0.15, 0.2) is 23.1 Å². The van der Waals surface area contributed by atoms with Gasteiger partial charge in [0.05, 0.1) is 17.0 Å². The van der Waals surface area contributed by atoms with E-state index < -0.39 is 5.54 Å². The summed E-state index contributed by atoms with van der Waals surface area (Å²) in [6.07, 6.45) is 2.02. The van der Waals surface area contributed by atoms with Gasteiger partial charge in [-0.2, -0.15) is 0 Å². The quantitative estimate of drug-likeness (QED) is 0.793. The predicted octanol–water partition coefficient (Wildman–Crippen LogP) is 1.80. The topological polar surface area (TPSA) is 84.2 Å². The molecule has 1 aromatic carbocycles. The summed E-state index contributed by atoms with van der Waals surface area (Å²) in [5, 5.41) is 5.65. The van der Waals surface area contributed by atoms with Crippen LogP contribution in [-0.4, -0.2) is 23.1 Å². The lowest BCUT2D eigenvalue weighted by Gasteiger charge is -2.24. The zero-order valence-corrected chi connectivity index (χ0v) is 12.0. The highest BCUT2D eigenvalue weighted by Gasteiger charge is 2.44. The van der Waals surface area contributed by atoms with Gasteiger partial charge in [0, 0.05) is 10.6 Å². The Morgan fingerprint density at radius 1 is 1.50 bits per heavy atom. The van der Waals surface area contributed by atoms with Gasteiger partial charge in [-0.05, 0) is 43.9 Å². The largest absolute Gasteiger partial charge is 0.324 e. The summed E-state index contributed by atoms with van der Waals surface area (Å²) >= 11 is 1.50. The summed E-state index contributed by atoms with van der Waals surface area (Å²) in [6, 6.07) is 5.52. The van der Waals surface area contributed by atoms with Crippen LogP contribution in [0.2, 0.25) is 0 Å². The summed E-state index contributed by atoms with van der Waals surface area (Å²) in [7, 11) is 0. The molecule has 0 aromatic heterocycles. The van der Waals surface area contributed by atoms with Gasteiger partial charge in [-0.25, -0.2) is 0 Å². The molecule has 1 heterocycles. The molecule has 1 unspecified atom stereocenters. The number of amides is 2. The second kappa shape index (κ2) is 4.79. The van der Waals surface area contributed by atoms with E-state index in [0.717, 1.165) is 23.4 Å². The van der Waals surface area contributed by atoms with Crippen LogP contribution < -0.4 is 16.4 Å². The van der Waals surface area contributed by atoms with E-state index in [1.807, 2.05) is 12.1 Å². The number of anilines is 2. The van der Waals surface area contributed by atoms with E-state index in [4.69, 9.17) is 5.73 Å². The molecule has 1 aliphatic carbocycles. The molecule has 6 heteroatoms. The number of carbonyl (C=O) groups is 2. The summed E-state index contributed by atoms with van der Waals surface area (Å²) in [5.41, 5.74) is 6.67. The highest BCUT2D eigenvalue weighted by molar-refractivity contribution is 8.00. The van der Waals surface area contributed by atoms with E-state index in [1.54, 1.807) is 13.0 Å². The van der Waals surface area contributed by atoms with Gasteiger partial charge in [0.2, 0.25) is 11.8 Å². The molecule has 1 aromatic rings. The first-order chi connectivity index (χ1) is 9.46. The molecule has 2 aliphatic rings. The van der Waals surface area contributed by atoms with E-state index in [1.165, 1.54) is 11.8 Å². The lowest BCUT2D eigenvalue weighted by Crippen LogP contribution is -2.50. The van der Waals surface area contributed by atoms with Crippen molar-refractivity contribution in [1.82, 2.24) is 0 Å². The standard InChI is InChI=1S/C14H17N3O2S/c1-14(15,8-2-3-8)13(19)16-9-4-5-11-10(6-9)17-12(18)7-20-11/h4-6,8H,2-3,7,15H2,1H3,(H,16,19)(H,17,18). The molecule has 3 rings (SSSR count). The second-order valence-corrected chi connectivity index (χ2v) is 6.58. The maximum Gasteiger partial charge on any atom is 0.244 e. The number of thioether (sulfide) groups is 1. The van der Waals surface area contributed by atoms with Gasteiger partial charge in [-0.15, -0.1) is 11.8 Å². The maximum atomic E-state index is 12.2. The van der Waals surface area contributed by atoms with Crippen LogP contribution >= 0.6 is 11.8 Å². The smallest absolute Gasteiger partial charge is 0.244 e. The monoisotopic (exact) mass is 291 g/mol. The van der Waals surface area contributed by atoms with Crippen molar-refractivity contribution >= 4 is 35.0 Å². The minimum atomic E-state index is -0.825. The number of benzene rings is 1. The molecule has 1 aliphatic heterocycles. The van der Waals surface area contributed by atoms with Crippen molar-refractivity contribution in [1.29, 1.82) is 0 Å². The lowest BCUT2D eigenvalue weighted by molar-refractivity contribution is -0.121. The average molecular weight is 291 g/mol. The van der Waals surface area contributed by atoms with Crippen LogP contribution in [0.5, 0.6) is 0 Å². The van der Waals surface area contributed by atoms with Crippen LogP contribution in [0.1, 0.15) is 19.8 Å². The maximum absolute atomic E-state index is 12.2. The summed E-state index contributed by atoms with van der Waals surface area (Å²) in [6.45, 7) is 1.77. The van der Waals surface area contributed by atoms with Gasteiger partial charge in [0.1, 0.15) is 0 Å². The van der Waals surface area contributed by atoms with Crippen LogP contribution in [0, 0.1) is 5.92 Å². The number of fused-ring (bicyclic) bond motifs is 1. The summed E-state index contributed by atoms with van der Waals surface area (Å²) in [4.78, 5) is 24.6. The van der Waals surface area contributed by atoms with Crippen molar-refractivity contribution in [3.8, 4) is 0 Å². The Bertz CT molecular complexity index is 582. The van der Waals surface area contributed by atoms with Gasteiger partial charge >= 0.3 is 0 Å². The van der Waals surface area contributed by atoms with Crippen molar-refractivity contribution in [3.05, 3.63) is 18.2 Å². The Morgan fingerprint density at radius 3 is 2.95 bits per heavy atom. The molecule has 4 N–H and O–H groups in total. The van der Waals surface area contributed by atoms with Crippen molar-refractivity contribution in [2.24, 2.45) is 11.7 Å². The molecular weight excluding hydrogens is 274 g/mol. The number of carbonyl (C=O) groups excluding carboxylic acids is 2. The Labute approximate surface area is 121 Å². The zero-order valence-electron chi connectivity index (χ0n) is 11.2. The van der Waals surface area contributed by atoms with E-state index in [0.29, 0.717) is 11.4 Å². The molecule has 1 saturated carbocycles. The fourth-order valence-electron chi connectivity index (χ4n) is 2.30. The first-order valence-electron chi connectivity index (χ1n) is 6.64. The SMILES string of the molecule is CC(N)(C(=O)Nc1ccc2c(c1)NC(=O)CS2)C1CC1. The van der Waals surface area contributed by atoms with E-state index in [2.05, 4.69) is 10.6 Å². The van der Waals surface area contributed by atoms with Crippen molar-refractivity contribution in [2.75, 3.05) is 16.4 Å². The predicted molar refractivity (Wildman–Crippen MR) is 79.7 cm³/mol. The third kappa shape index (κ3) is 2.53. The Morgan fingerprint density at radius 2 is 2.25 bits per heavy atom. The molecule has 0 radical (unpaired) electrons. The molecular formula is C14H17N3O2S.